The molecule has 6 heteroatoms. The summed E-state index contributed by atoms with van der Waals surface area (Å²) in [6, 6.07) is 18.8. The highest BCUT2D eigenvalue weighted by molar-refractivity contribution is 6.03. The molecule has 0 aromatic heterocycles. The standard InChI is InChI=1S/C25H29N5O/c1-19-7-6-8-20(15-19)17-29-11-13-30(14-12-29)18-24(31)21(16-26)25-27(2)22-9-4-5-10-23(22)28(25)3/h4-10,15H,11-14,17-18H2,1-3H3. The zero-order chi connectivity index (χ0) is 22.0. The molecule has 0 bridgehead atoms. The van der Waals surface area contributed by atoms with E-state index in [1.165, 1.54) is 11.1 Å². The quantitative estimate of drug-likeness (QED) is 0.553. The summed E-state index contributed by atoms with van der Waals surface area (Å²) in [5.41, 5.74) is 4.84. The maximum atomic E-state index is 13.1. The molecule has 2 aromatic carbocycles. The zero-order valence-corrected chi connectivity index (χ0v) is 18.5. The second-order valence-corrected chi connectivity index (χ2v) is 8.38. The smallest absolute Gasteiger partial charge is 0.191 e. The minimum Gasteiger partial charge on any atom is -0.328 e. The van der Waals surface area contributed by atoms with Crippen LogP contribution in [0.3, 0.4) is 0 Å². The Hall–Kier alpha value is -3.14. The number of fused-ring (bicyclic) bond motifs is 1. The molecule has 2 aliphatic rings. The van der Waals surface area contributed by atoms with E-state index in [9.17, 15) is 10.1 Å². The number of benzene rings is 2. The number of Topliss-reactive ketones (excluding diaryl/α,β-unsaturated/α-hetero) is 1. The first kappa shape index (κ1) is 21.1. The molecule has 6 nitrogen and oxygen atoms in total. The van der Waals surface area contributed by atoms with Crippen molar-refractivity contribution in [1.82, 2.24) is 9.80 Å². The minimum atomic E-state index is -0.115. The Morgan fingerprint density at radius 2 is 1.55 bits per heavy atom. The van der Waals surface area contributed by atoms with Crippen LogP contribution in [-0.4, -0.2) is 62.4 Å². The van der Waals surface area contributed by atoms with Crippen LogP contribution in [-0.2, 0) is 11.3 Å². The van der Waals surface area contributed by atoms with E-state index >= 15 is 0 Å². The lowest BCUT2D eigenvalue weighted by Gasteiger charge is -2.34. The molecule has 0 amide bonds. The Morgan fingerprint density at radius 3 is 2.13 bits per heavy atom. The molecule has 0 radical (unpaired) electrons. The molecule has 0 atom stereocenters. The molecule has 1 saturated heterocycles. The number of para-hydroxylation sites is 2. The van der Waals surface area contributed by atoms with Crippen molar-refractivity contribution in [3.63, 3.8) is 0 Å². The monoisotopic (exact) mass is 415 g/mol. The van der Waals surface area contributed by atoms with E-state index < -0.39 is 0 Å². The summed E-state index contributed by atoms with van der Waals surface area (Å²) in [5.74, 6) is 0.544. The molecule has 0 aliphatic carbocycles. The summed E-state index contributed by atoms with van der Waals surface area (Å²) < 4.78 is 0. The van der Waals surface area contributed by atoms with Gasteiger partial charge in [-0.05, 0) is 24.6 Å². The number of hydrogen-bond donors (Lipinski definition) is 0. The van der Waals surface area contributed by atoms with Gasteiger partial charge in [0.2, 0.25) is 0 Å². The van der Waals surface area contributed by atoms with Crippen molar-refractivity contribution in [2.45, 2.75) is 13.5 Å². The van der Waals surface area contributed by atoms with Gasteiger partial charge in [0.25, 0.3) is 0 Å². The molecular formula is C25H29N5O. The summed E-state index contributed by atoms with van der Waals surface area (Å²) in [4.78, 5) is 21.6. The van der Waals surface area contributed by atoms with Gasteiger partial charge in [-0.2, -0.15) is 5.26 Å². The van der Waals surface area contributed by atoms with Crippen LogP contribution in [0.15, 0.2) is 59.9 Å². The Balaban J connectivity index is 1.39. The Bertz CT molecular complexity index is 1010. The van der Waals surface area contributed by atoms with E-state index in [1.807, 2.05) is 48.2 Å². The van der Waals surface area contributed by atoms with Crippen molar-refractivity contribution < 1.29 is 4.79 Å². The van der Waals surface area contributed by atoms with Gasteiger partial charge >= 0.3 is 0 Å². The Kier molecular flexibility index (Phi) is 6.08. The number of aryl methyl sites for hydroxylation is 1. The lowest BCUT2D eigenvalue weighted by molar-refractivity contribution is -0.116. The van der Waals surface area contributed by atoms with Crippen LogP contribution in [0, 0.1) is 18.3 Å². The van der Waals surface area contributed by atoms with E-state index in [1.54, 1.807) is 0 Å². The van der Waals surface area contributed by atoms with Crippen LogP contribution < -0.4 is 9.80 Å². The molecule has 1 fully saturated rings. The van der Waals surface area contributed by atoms with Crippen molar-refractivity contribution in [2.75, 3.05) is 56.6 Å². The number of nitriles is 1. The van der Waals surface area contributed by atoms with Crippen molar-refractivity contribution in [3.8, 4) is 6.07 Å². The summed E-state index contributed by atoms with van der Waals surface area (Å²) in [6.07, 6.45) is 0. The van der Waals surface area contributed by atoms with Crippen LogP contribution >= 0.6 is 0 Å². The number of carbonyl (C=O) groups is 1. The third kappa shape index (κ3) is 4.34. The van der Waals surface area contributed by atoms with Gasteiger partial charge in [-0.15, -0.1) is 0 Å². The van der Waals surface area contributed by atoms with Gasteiger partial charge in [-0.3, -0.25) is 14.6 Å². The minimum absolute atomic E-state index is 0.115. The molecule has 160 valence electrons. The fourth-order valence-electron chi connectivity index (χ4n) is 4.51. The van der Waals surface area contributed by atoms with E-state index in [2.05, 4.69) is 47.1 Å². The van der Waals surface area contributed by atoms with Gasteiger partial charge in [0, 0.05) is 46.8 Å². The molecule has 0 spiro atoms. The second-order valence-electron chi connectivity index (χ2n) is 8.38. The van der Waals surface area contributed by atoms with E-state index in [4.69, 9.17) is 0 Å². The zero-order valence-electron chi connectivity index (χ0n) is 18.5. The predicted molar refractivity (Wildman–Crippen MR) is 124 cm³/mol. The van der Waals surface area contributed by atoms with Gasteiger partial charge in [0.05, 0.1) is 17.9 Å². The molecule has 0 saturated carbocycles. The molecule has 2 heterocycles. The third-order valence-electron chi connectivity index (χ3n) is 6.17. The van der Waals surface area contributed by atoms with E-state index in [0.29, 0.717) is 5.82 Å². The average Bonchev–Trinajstić information content (AvgIpc) is 3.01. The predicted octanol–water partition coefficient (Wildman–Crippen LogP) is 3.00. The van der Waals surface area contributed by atoms with Gasteiger partial charge < -0.3 is 9.80 Å². The molecule has 4 rings (SSSR count). The van der Waals surface area contributed by atoms with Crippen molar-refractivity contribution in [2.24, 2.45) is 0 Å². The van der Waals surface area contributed by atoms with E-state index in [-0.39, 0.29) is 17.9 Å². The fraction of sp³-hybridized carbons (Fsp3) is 0.360. The largest absolute Gasteiger partial charge is 0.328 e. The number of carbonyl (C=O) groups excluding carboxylic acids is 1. The first-order valence-electron chi connectivity index (χ1n) is 10.7. The number of anilines is 2. The van der Waals surface area contributed by atoms with Gasteiger partial charge in [-0.25, -0.2) is 0 Å². The summed E-state index contributed by atoms with van der Waals surface area (Å²) >= 11 is 0. The molecule has 2 aromatic rings. The maximum Gasteiger partial charge on any atom is 0.191 e. The maximum absolute atomic E-state index is 13.1. The first-order chi connectivity index (χ1) is 15.0. The lowest BCUT2D eigenvalue weighted by atomic mass is 10.1. The number of piperazine rings is 1. The first-order valence-corrected chi connectivity index (χ1v) is 10.7. The number of nitrogens with zero attached hydrogens (tertiary/aromatic N) is 5. The Morgan fingerprint density at radius 1 is 0.935 bits per heavy atom. The van der Waals surface area contributed by atoms with Crippen LogP contribution in [0.25, 0.3) is 0 Å². The van der Waals surface area contributed by atoms with Crippen LogP contribution in [0.2, 0.25) is 0 Å². The van der Waals surface area contributed by atoms with Gasteiger partial charge in [0.15, 0.2) is 5.78 Å². The van der Waals surface area contributed by atoms with Crippen LogP contribution in [0.5, 0.6) is 0 Å². The van der Waals surface area contributed by atoms with E-state index in [0.717, 1.165) is 44.1 Å². The third-order valence-corrected chi connectivity index (χ3v) is 6.17. The fourth-order valence-corrected chi connectivity index (χ4v) is 4.51. The summed E-state index contributed by atoms with van der Waals surface area (Å²) in [7, 11) is 3.82. The van der Waals surface area contributed by atoms with Gasteiger partial charge in [0.1, 0.15) is 17.5 Å². The highest BCUT2D eigenvalue weighted by Crippen LogP contribution is 2.40. The SMILES string of the molecule is Cc1cccc(CN2CCN(CC(=O)C(C#N)=C3N(C)c4ccccc4N3C)CC2)c1. The van der Waals surface area contributed by atoms with Crippen molar-refractivity contribution in [1.29, 1.82) is 5.26 Å². The number of hydrogen-bond acceptors (Lipinski definition) is 6. The molecule has 31 heavy (non-hydrogen) atoms. The van der Waals surface area contributed by atoms with Gasteiger partial charge in [-0.1, -0.05) is 42.0 Å². The second kappa shape index (κ2) is 8.93. The van der Waals surface area contributed by atoms with Crippen LogP contribution in [0.4, 0.5) is 11.4 Å². The van der Waals surface area contributed by atoms with Crippen molar-refractivity contribution >= 4 is 17.2 Å². The lowest BCUT2D eigenvalue weighted by Crippen LogP contribution is -2.47. The Labute approximate surface area is 184 Å². The molecule has 0 unspecified atom stereocenters. The molecule has 0 N–H and O–H groups in total. The normalized spacial score (nSPS) is 16.9. The molecule has 2 aliphatic heterocycles. The average molecular weight is 416 g/mol. The highest BCUT2D eigenvalue weighted by atomic mass is 16.1. The topological polar surface area (TPSA) is 53.8 Å². The molecular weight excluding hydrogens is 386 g/mol. The summed E-state index contributed by atoms with van der Waals surface area (Å²) in [6.45, 7) is 6.84. The number of rotatable bonds is 5. The number of ketones is 1. The highest BCUT2D eigenvalue weighted by Gasteiger charge is 2.32. The van der Waals surface area contributed by atoms with Crippen molar-refractivity contribution in [3.05, 3.63) is 71.1 Å². The van der Waals surface area contributed by atoms with Crippen LogP contribution in [0.1, 0.15) is 11.1 Å². The summed E-state index contributed by atoms with van der Waals surface area (Å²) in [5, 5.41) is 9.82.